The molecule has 2 rings (SSSR count). The lowest BCUT2D eigenvalue weighted by atomic mass is 9.76. The molecule has 1 aliphatic rings. The molecule has 1 fully saturated rings. The molecule has 1 aromatic rings. The number of nitrogens with zero attached hydrogens (tertiary/aromatic N) is 2. The number of carboxylic acids is 1. The monoisotopic (exact) mass is 330 g/mol. The van der Waals surface area contributed by atoms with Gasteiger partial charge in [-0.2, -0.15) is 13.2 Å². The van der Waals surface area contributed by atoms with Crippen molar-refractivity contribution in [1.82, 2.24) is 9.88 Å². The zero-order valence-electron chi connectivity index (χ0n) is 13.1. The number of pyridine rings is 1. The van der Waals surface area contributed by atoms with E-state index in [0.29, 0.717) is 31.5 Å². The van der Waals surface area contributed by atoms with Crippen LogP contribution in [-0.4, -0.2) is 34.0 Å². The molecule has 1 atom stereocenters. The minimum absolute atomic E-state index is 0.421. The van der Waals surface area contributed by atoms with E-state index >= 15 is 0 Å². The summed E-state index contributed by atoms with van der Waals surface area (Å²) in [5, 5.41) is 9.57. The second kappa shape index (κ2) is 6.86. The molecule has 0 aliphatic carbocycles. The summed E-state index contributed by atoms with van der Waals surface area (Å²) in [6.45, 7) is 3.56. The molecule has 23 heavy (non-hydrogen) atoms. The lowest BCUT2D eigenvalue weighted by Gasteiger charge is -2.40. The van der Waals surface area contributed by atoms with E-state index < -0.39 is 23.3 Å². The van der Waals surface area contributed by atoms with Crippen molar-refractivity contribution in [2.24, 2.45) is 5.41 Å². The van der Waals surface area contributed by atoms with Gasteiger partial charge in [0.2, 0.25) is 0 Å². The Labute approximate surface area is 133 Å². The van der Waals surface area contributed by atoms with Gasteiger partial charge in [0.1, 0.15) is 5.69 Å². The highest BCUT2D eigenvalue weighted by Crippen LogP contribution is 2.35. The van der Waals surface area contributed by atoms with E-state index in [4.69, 9.17) is 0 Å². The lowest BCUT2D eigenvalue weighted by molar-refractivity contribution is -0.153. The van der Waals surface area contributed by atoms with E-state index in [9.17, 15) is 23.1 Å². The van der Waals surface area contributed by atoms with Gasteiger partial charge < -0.3 is 5.11 Å². The van der Waals surface area contributed by atoms with Crippen molar-refractivity contribution < 1.29 is 23.1 Å². The molecule has 0 spiro atoms. The standard InChI is InChI=1S/C16H21F3N2O2/c1-2-6-15(14(22)23)7-3-8-21(11-15)10-12-4-5-13(20-9-12)16(17,18)19/h4-5,9H,2-3,6-8,10-11H2,1H3,(H,22,23)/t15-/m0/s1. The fourth-order valence-electron chi connectivity index (χ4n) is 3.27. The minimum Gasteiger partial charge on any atom is -0.481 e. The highest BCUT2D eigenvalue weighted by molar-refractivity contribution is 5.75. The van der Waals surface area contributed by atoms with Crippen LogP contribution < -0.4 is 0 Å². The van der Waals surface area contributed by atoms with E-state index in [1.807, 2.05) is 11.8 Å². The summed E-state index contributed by atoms with van der Waals surface area (Å²) < 4.78 is 37.5. The van der Waals surface area contributed by atoms with Crippen LogP contribution in [0.25, 0.3) is 0 Å². The molecule has 1 aromatic heterocycles. The van der Waals surface area contributed by atoms with Crippen LogP contribution >= 0.6 is 0 Å². The van der Waals surface area contributed by atoms with Crippen LogP contribution in [0.3, 0.4) is 0 Å². The van der Waals surface area contributed by atoms with Crippen molar-refractivity contribution in [3.8, 4) is 0 Å². The van der Waals surface area contributed by atoms with Crippen LogP contribution in [0, 0.1) is 5.41 Å². The number of halogens is 3. The van der Waals surface area contributed by atoms with Crippen LogP contribution in [-0.2, 0) is 17.5 Å². The molecule has 1 aliphatic heterocycles. The van der Waals surface area contributed by atoms with Gasteiger partial charge >= 0.3 is 12.1 Å². The van der Waals surface area contributed by atoms with Gasteiger partial charge in [-0.3, -0.25) is 14.7 Å². The Hall–Kier alpha value is -1.63. The molecule has 128 valence electrons. The van der Waals surface area contributed by atoms with Gasteiger partial charge in [-0.05, 0) is 37.4 Å². The maximum atomic E-state index is 12.5. The maximum absolute atomic E-state index is 12.5. The van der Waals surface area contributed by atoms with Gasteiger partial charge in [-0.15, -0.1) is 0 Å². The van der Waals surface area contributed by atoms with Gasteiger partial charge in [-0.1, -0.05) is 19.4 Å². The molecule has 2 heterocycles. The quantitative estimate of drug-likeness (QED) is 0.897. The number of hydrogen-bond donors (Lipinski definition) is 1. The Morgan fingerprint density at radius 2 is 2.17 bits per heavy atom. The normalized spacial score (nSPS) is 23.0. The summed E-state index contributed by atoms with van der Waals surface area (Å²) in [4.78, 5) is 17.1. The second-order valence-corrected chi connectivity index (χ2v) is 6.20. The Kier molecular flexibility index (Phi) is 5.29. The number of carbonyl (C=O) groups is 1. The van der Waals surface area contributed by atoms with E-state index in [0.717, 1.165) is 25.5 Å². The summed E-state index contributed by atoms with van der Waals surface area (Å²) >= 11 is 0. The SMILES string of the molecule is CCC[C@]1(C(=O)O)CCCN(Cc2ccc(C(F)(F)F)nc2)C1. The first-order valence-electron chi connectivity index (χ1n) is 7.75. The van der Waals surface area contributed by atoms with Crippen molar-refractivity contribution in [3.05, 3.63) is 29.6 Å². The molecule has 0 radical (unpaired) electrons. The van der Waals surface area contributed by atoms with E-state index in [-0.39, 0.29) is 0 Å². The topological polar surface area (TPSA) is 53.4 Å². The molecule has 0 bridgehead atoms. The van der Waals surface area contributed by atoms with Crippen LogP contribution in [0.1, 0.15) is 43.9 Å². The number of carboxylic acid groups (broad SMARTS) is 1. The predicted molar refractivity (Wildman–Crippen MR) is 78.7 cm³/mol. The van der Waals surface area contributed by atoms with Crippen LogP contribution in [0.4, 0.5) is 13.2 Å². The number of piperidine rings is 1. The average molecular weight is 330 g/mol. The Morgan fingerprint density at radius 1 is 1.43 bits per heavy atom. The molecule has 1 saturated heterocycles. The summed E-state index contributed by atoms with van der Waals surface area (Å²) in [7, 11) is 0. The molecule has 0 unspecified atom stereocenters. The molecular weight excluding hydrogens is 309 g/mol. The molecule has 4 nitrogen and oxygen atoms in total. The van der Waals surface area contributed by atoms with E-state index in [1.54, 1.807) is 0 Å². The van der Waals surface area contributed by atoms with Crippen LogP contribution in [0.15, 0.2) is 18.3 Å². The number of likely N-dealkylation sites (tertiary alicyclic amines) is 1. The smallest absolute Gasteiger partial charge is 0.433 e. The van der Waals surface area contributed by atoms with E-state index in [2.05, 4.69) is 4.98 Å². The Balaban J connectivity index is 2.06. The summed E-state index contributed by atoms with van der Waals surface area (Å²) in [5.74, 6) is -0.783. The third-order valence-corrected chi connectivity index (χ3v) is 4.36. The van der Waals surface area contributed by atoms with Gasteiger partial charge in [-0.25, -0.2) is 0 Å². The number of rotatable bonds is 5. The van der Waals surface area contributed by atoms with E-state index in [1.165, 1.54) is 12.3 Å². The fourth-order valence-corrected chi connectivity index (χ4v) is 3.27. The number of aliphatic carboxylic acids is 1. The van der Waals surface area contributed by atoms with Gasteiger partial charge in [0, 0.05) is 19.3 Å². The third-order valence-electron chi connectivity index (χ3n) is 4.36. The predicted octanol–water partition coefficient (Wildman–Crippen LogP) is 3.57. The van der Waals surface area contributed by atoms with Crippen LogP contribution in [0.2, 0.25) is 0 Å². The van der Waals surface area contributed by atoms with Gasteiger partial charge in [0.25, 0.3) is 0 Å². The highest BCUT2D eigenvalue weighted by atomic mass is 19.4. The fraction of sp³-hybridized carbons (Fsp3) is 0.625. The summed E-state index contributed by atoms with van der Waals surface area (Å²) in [5.41, 5.74) is -0.992. The van der Waals surface area contributed by atoms with Crippen molar-refractivity contribution in [2.75, 3.05) is 13.1 Å². The maximum Gasteiger partial charge on any atom is 0.433 e. The number of alkyl halides is 3. The first-order valence-corrected chi connectivity index (χ1v) is 7.75. The van der Waals surface area contributed by atoms with Gasteiger partial charge in [0.15, 0.2) is 0 Å². The first-order chi connectivity index (χ1) is 10.8. The van der Waals surface area contributed by atoms with Crippen molar-refractivity contribution in [1.29, 1.82) is 0 Å². The molecule has 0 saturated carbocycles. The average Bonchev–Trinajstić information content (AvgIpc) is 2.47. The Bertz CT molecular complexity index is 541. The zero-order chi connectivity index (χ0) is 17.1. The summed E-state index contributed by atoms with van der Waals surface area (Å²) in [6, 6.07) is 2.38. The molecule has 0 amide bonds. The molecule has 7 heteroatoms. The lowest BCUT2D eigenvalue weighted by Crippen LogP contribution is -2.47. The molecule has 0 aromatic carbocycles. The Morgan fingerprint density at radius 3 is 2.70 bits per heavy atom. The zero-order valence-corrected chi connectivity index (χ0v) is 13.1. The van der Waals surface area contributed by atoms with Crippen molar-refractivity contribution in [2.45, 2.75) is 45.3 Å². The van der Waals surface area contributed by atoms with Crippen molar-refractivity contribution >= 4 is 5.97 Å². The second-order valence-electron chi connectivity index (χ2n) is 6.20. The minimum atomic E-state index is -4.44. The number of hydrogen-bond acceptors (Lipinski definition) is 3. The summed E-state index contributed by atoms with van der Waals surface area (Å²) in [6.07, 6.45) is -0.382. The van der Waals surface area contributed by atoms with Crippen molar-refractivity contribution in [3.63, 3.8) is 0 Å². The van der Waals surface area contributed by atoms with Gasteiger partial charge in [0.05, 0.1) is 5.41 Å². The molecular formula is C16H21F3N2O2. The number of aromatic nitrogens is 1. The third kappa shape index (κ3) is 4.22. The highest BCUT2D eigenvalue weighted by Gasteiger charge is 2.41. The van der Waals surface area contributed by atoms with Crippen LogP contribution in [0.5, 0.6) is 0 Å². The largest absolute Gasteiger partial charge is 0.481 e. The first kappa shape index (κ1) is 17.7. The molecule has 1 N–H and O–H groups in total.